The molecule has 22 heavy (non-hydrogen) atoms. The van der Waals surface area contributed by atoms with E-state index in [-0.39, 0.29) is 0 Å². The second kappa shape index (κ2) is 5.80. The number of hydrogen-bond donors (Lipinski definition) is 2. The van der Waals surface area contributed by atoms with Gasteiger partial charge in [-0.15, -0.1) is 0 Å². The highest BCUT2D eigenvalue weighted by Crippen LogP contribution is 2.33. The van der Waals surface area contributed by atoms with Gasteiger partial charge in [0.25, 0.3) is 0 Å². The van der Waals surface area contributed by atoms with Crippen molar-refractivity contribution in [2.75, 3.05) is 13.1 Å². The maximum Gasteiger partial charge on any atom is 0.156 e. The summed E-state index contributed by atoms with van der Waals surface area (Å²) >= 11 is 0. The molecule has 1 saturated heterocycles. The number of piperidine rings is 1. The number of aromatic nitrogens is 3. The lowest BCUT2D eigenvalue weighted by atomic mass is 9.86. The highest BCUT2D eigenvalue weighted by atomic mass is 16.1. The molecule has 0 atom stereocenters. The molecular weight excluding hydrogens is 276 g/mol. The second-order valence-electron chi connectivity index (χ2n) is 6.57. The first-order valence-corrected chi connectivity index (χ1v) is 8.37. The third kappa shape index (κ3) is 2.54. The summed E-state index contributed by atoms with van der Waals surface area (Å²) in [4.78, 5) is 24.2. The standard InChI is InChI=1S/C17H22N4O/c22-13-3-1-12(2-4-13)15-10-20-17-16(21-15)14(9-19-17)11-5-7-18-8-6-11/h9-12,18H,1-8H2,(H,19,20). The molecule has 3 heterocycles. The maximum atomic E-state index is 11.4. The normalized spacial score (nSPS) is 21.5. The Morgan fingerprint density at radius 3 is 2.59 bits per heavy atom. The number of carbonyl (C=O) groups excluding carboxylic acids is 1. The zero-order valence-corrected chi connectivity index (χ0v) is 12.8. The van der Waals surface area contributed by atoms with E-state index in [0.29, 0.717) is 30.5 Å². The van der Waals surface area contributed by atoms with Crippen molar-refractivity contribution in [3.63, 3.8) is 0 Å². The van der Waals surface area contributed by atoms with Crippen LogP contribution in [0, 0.1) is 0 Å². The first-order chi connectivity index (χ1) is 10.8. The number of ketones is 1. The predicted octanol–water partition coefficient (Wildman–Crippen LogP) is 2.65. The molecule has 0 radical (unpaired) electrons. The fourth-order valence-corrected chi connectivity index (χ4v) is 3.80. The number of Topliss-reactive ketones (excluding diaryl/α,β-unsaturated/α-hetero) is 1. The Hall–Kier alpha value is -1.75. The molecule has 1 saturated carbocycles. The highest BCUT2D eigenvalue weighted by molar-refractivity contribution is 5.79. The summed E-state index contributed by atoms with van der Waals surface area (Å²) in [6.45, 7) is 2.16. The van der Waals surface area contributed by atoms with Crippen LogP contribution in [-0.4, -0.2) is 33.8 Å². The minimum atomic E-state index is 0.391. The quantitative estimate of drug-likeness (QED) is 0.894. The minimum absolute atomic E-state index is 0.391. The number of hydrogen-bond acceptors (Lipinski definition) is 4. The summed E-state index contributed by atoms with van der Waals surface area (Å²) in [5.41, 5.74) is 4.32. The van der Waals surface area contributed by atoms with Gasteiger partial charge >= 0.3 is 0 Å². The molecule has 0 amide bonds. The first-order valence-electron chi connectivity index (χ1n) is 8.37. The smallest absolute Gasteiger partial charge is 0.156 e. The van der Waals surface area contributed by atoms with Gasteiger partial charge in [-0.25, -0.2) is 9.97 Å². The van der Waals surface area contributed by atoms with Crippen molar-refractivity contribution in [1.82, 2.24) is 20.3 Å². The van der Waals surface area contributed by atoms with E-state index >= 15 is 0 Å². The fourth-order valence-electron chi connectivity index (χ4n) is 3.80. The fraction of sp³-hybridized carbons (Fsp3) is 0.588. The molecule has 2 aromatic heterocycles. The predicted molar refractivity (Wildman–Crippen MR) is 84.9 cm³/mol. The molecule has 0 spiro atoms. The van der Waals surface area contributed by atoms with E-state index in [1.807, 2.05) is 6.20 Å². The molecular formula is C17H22N4O. The summed E-state index contributed by atoms with van der Waals surface area (Å²) < 4.78 is 0. The van der Waals surface area contributed by atoms with Crippen LogP contribution in [0.2, 0.25) is 0 Å². The Balaban J connectivity index is 1.65. The van der Waals surface area contributed by atoms with Gasteiger partial charge in [0.05, 0.1) is 11.9 Å². The van der Waals surface area contributed by atoms with Gasteiger partial charge < -0.3 is 10.3 Å². The van der Waals surface area contributed by atoms with Gasteiger partial charge in [0, 0.05) is 30.5 Å². The number of nitrogens with one attached hydrogen (secondary N) is 2. The molecule has 1 aliphatic carbocycles. The van der Waals surface area contributed by atoms with E-state index in [4.69, 9.17) is 4.98 Å². The third-order valence-electron chi connectivity index (χ3n) is 5.17. The number of fused-ring (bicyclic) bond motifs is 1. The van der Waals surface area contributed by atoms with Crippen molar-refractivity contribution in [1.29, 1.82) is 0 Å². The molecule has 0 unspecified atom stereocenters. The summed E-state index contributed by atoms with van der Waals surface area (Å²) in [7, 11) is 0. The Labute approximate surface area is 129 Å². The van der Waals surface area contributed by atoms with Crippen molar-refractivity contribution in [2.45, 2.75) is 50.4 Å². The van der Waals surface area contributed by atoms with Crippen LogP contribution in [0.15, 0.2) is 12.4 Å². The molecule has 2 N–H and O–H groups in total. The van der Waals surface area contributed by atoms with Crippen molar-refractivity contribution >= 4 is 16.9 Å². The van der Waals surface area contributed by atoms with Gasteiger partial charge in [-0.05, 0) is 44.7 Å². The van der Waals surface area contributed by atoms with Crippen molar-refractivity contribution in [2.24, 2.45) is 0 Å². The number of rotatable bonds is 2. The van der Waals surface area contributed by atoms with Crippen LogP contribution < -0.4 is 5.32 Å². The number of aromatic amines is 1. The molecule has 2 aliphatic rings. The number of nitrogens with zero attached hydrogens (tertiary/aromatic N) is 2. The summed E-state index contributed by atoms with van der Waals surface area (Å²) in [6, 6.07) is 0. The van der Waals surface area contributed by atoms with E-state index in [1.165, 1.54) is 5.56 Å². The SMILES string of the molecule is O=C1CCC(c2cnc3[nH]cc(C4CCNCC4)c3n2)CC1. The van der Waals surface area contributed by atoms with Crippen molar-refractivity contribution < 1.29 is 4.79 Å². The van der Waals surface area contributed by atoms with E-state index in [1.54, 1.807) is 0 Å². The van der Waals surface area contributed by atoms with E-state index in [0.717, 1.165) is 55.6 Å². The van der Waals surface area contributed by atoms with Gasteiger partial charge in [-0.3, -0.25) is 4.79 Å². The molecule has 5 nitrogen and oxygen atoms in total. The monoisotopic (exact) mass is 298 g/mol. The maximum absolute atomic E-state index is 11.4. The minimum Gasteiger partial charge on any atom is -0.345 e. The molecule has 0 bridgehead atoms. The van der Waals surface area contributed by atoms with Crippen LogP contribution in [0.5, 0.6) is 0 Å². The topological polar surface area (TPSA) is 70.7 Å². The Bertz CT molecular complexity index is 677. The Morgan fingerprint density at radius 2 is 1.82 bits per heavy atom. The average molecular weight is 298 g/mol. The van der Waals surface area contributed by atoms with Crippen LogP contribution in [0.3, 0.4) is 0 Å². The molecule has 2 fully saturated rings. The molecule has 4 rings (SSSR count). The van der Waals surface area contributed by atoms with E-state index in [2.05, 4.69) is 21.5 Å². The van der Waals surface area contributed by atoms with E-state index in [9.17, 15) is 4.79 Å². The van der Waals surface area contributed by atoms with E-state index < -0.39 is 0 Å². The van der Waals surface area contributed by atoms with Gasteiger partial charge in [-0.2, -0.15) is 0 Å². The van der Waals surface area contributed by atoms with Crippen molar-refractivity contribution in [3.8, 4) is 0 Å². The van der Waals surface area contributed by atoms with Gasteiger partial charge in [0.1, 0.15) is 11.3 Å². The largest absolute Gasteiger partial charge is 0.345 e. The Morgan fingerprint density at radius 1 is 1.05 bits per heavy atom. The summed E-state index contributed by atoms with van der Waals surface area (Å²) in [5, 5.41) is 3.41. The van der Waals surface area contributed by atoms with Crippen LogP contribution >= 0.6 is 0 Å². The number of H-pyrrole nitrogens is 1. The van der Waals surface area contributed by atoms with Crippen LogP contribution in [-0.2, 0) is 4.79 Å². The van der Waals surface area contributed by atoms with Gasteiger partial charge in [-0.1, -0.05) is 0 Å². The molecule has 0 aromatic carbocycles. The molecule has 5 heteroatoms. The van der Waals surface area contributed by atoms with Crippen LogP contribution in [0.25, 0.3) is 11.2 Å². The van der Waals surface area contributed by atoms with Gasteiger partial charge in [0.2, 0.25) is 0 Å². The lowest BCUT2D eigenvalue weighted by Crippen LogP contribution is -2.26. The third-order valence-corrected chi connectivity index (χ3v) is 5.17. The van der Waals surface area contributed by atoms with Crippen LogP contribution in [0.1, 0.15) is 61.6 Å². The lowest BCUT2D eigenvalue weighted by molar-refractivity contribution is -0.120. The first kappa shape index (κ1) is 13.9. The summed E-state index contributed by atoms with van der Waals surface area (Å²) in [5.74, 6) is 1.36. The number of carbonyl (C=O) groups is 1. The average Bonchev–Trinajstić information content (AvgIpc) is 2.99. The molecule has 116 valence electrons. The lowest BCUT2D eigenvalue weighted by Gasteiger charge is -2.22. The molecule has 1 aliphatic heterocycles. The zero-order valence-electron chi connectivity index (χ0n) is 12.8. The van der Waals surface area contributed by atoms with Crippen molar-refractivity contribution in [3.05, 3.63) is 23.7 Å². The van der Waals surface area contributed by atoms with Gasteiger partial charge in [0.15, 0.2) is 5.65 Å². The Kier molecular flexibility index (Phi) is 3.66. The second-order valence-corrected chi connectivity index (χ2v) is 6.57. The summed E-state index contributed by atoms with van der Waals surface area (Å²) in [6.07, 6.45) is 9.55. The molecule has 2 aromatic rings. The highest BCUT2D eigenvalue weighted by Gasteiger charge is 2.24. The van der Waals surface area contributed by atoms with Crippen LogP contribution in [0.4, 0.5) is 0 Å². The zero-order chi connectivity index (χ0) is 14.9.